The summed E-state index contributed by atoms with van der Waals surface area (Å²) in [6, 6.07) is 6.77. The minimum atomic E-state index is -0.935. The molecule has 124 valence electrons. The van der Waals surface area contributed by atoms with E-state index in [4.69, 9.17) is 19.3 Å². The first-order valence-electron chi connectivity index (χ1n) is 7.52. The van der Waals surface area contributed by atoms with Crippen molar-refractivity contribution < 1.29 is 28.9 Å². The number of ether oxygens (including phenoxy) is 3. The fraction of sp³-hybridized carbons (Fsp3) is 0.500. The van der Waals surface area contributed by atoms with Crippen molar-refractivity contribution in [1.82, 2.24) is 4.90 Å². The van der Waals surface area contributed by atoms with Crippen LogP contribution in [0.25, 0.3) is 0 Å². The Morgan fingerprint density at radius 2 is 2.09 bits per heavy atom. The lowest BCUT2D eigenvalue weighted by Gasteiger charge is -2.31. The first-order valence-corrected chi connectivity index (χ1v) is 7.52. The second-order valence-corrected chi connectivity index (χ2v) is 5.70. The smallest absolute Gasteiger partial charge is 0.305 e. The summed E-state index contributed by atoms with van der Waals surface area (Å²) in [4.78, 5) is 25.3. The SMILES string of the molecule is COC1CC(CC(=O)O)N(C(=O)C2COc3ccccc3O2)C1. The van der Waals surface area contributed by atoms with E-state index in [-0.39, 0.29) is 31.1 Å². The lowest BCUT2D eigenvalue weighted by atomic mass is 10.1. The van der Waals surface area contributed by atoms with E-state index in [9.17, 15) is 9.59 Å². The van der Waals surface area contributed by atoms with Crippen molar-refractivity contribution in [3.05, 3.63) is 24.3 Å². The first-order chi connectivity index (χ1) is 11.1. The van der Waals surface area contributed by atoms with Crippen LogP contribution in [0.5, 0.6) is 11.5 Å². The highest BCUT2D eigenvalue weighted by Gasteiger charge is 2.41. The van der Waals surface area contributed by atoms with E-state index in [1.165, 1.54) is 0 Å². The van der Waals surface area contributed by atoms with Crippen LogP contribution >= 0.6 is 0 Å². The highest BCUT2D eigenvalue weighted by Crippen LogP contribution is 2.32. The van der Waals surface area contributed by atoms with Crippen LogP contribution in [-0.2, 0) is 14.3 Å². The molecule has 1 N–H and O–H groups in total. The van der Waals surface area contributed by atoms with Crippen LogP contribution < -0.4 is 9.47 Å². The zero-order chi connectivity index (χ0) is 16.4. The molecule has 1 amide bonds. The molecule has 23 heavy (non-hydrogen) atoms. The number of amides is 1. The molecule has 3 atom stereocenters. The van der Waals surface area contributed by atoms with E-state index < -0.39 is 12.1 Å². The van der Waals surface area contributed by atoms with E-state index in [0.717, 1.165) is 0 Å². The molecule has 7 heteroatoms. The molecule has 0 radical (unpaired) electrons. The second-order valence-electron chi connectivity index (χ2n) is 5.70. The Labute approximate surface area is 133 Å². The van der Waals surface area contributed by atoms with E-state index in [1.54, 1.807) is 30.2 Å². The Balaban J connectivity index is 1.72. The van der Waals surface area contributed by atoms with Gasteiger partial charge in [0.1, 0.15) is 6.61 Å². The molecule has 3 unspecified atom stereocenters. The van der Waals surface area contributed by atoms with Gasteiger partial charge in [0.05, 0.1) is 12.5 Å². The number of rotatable bonds is 4. The average molecular weight is 321 g/mol. The summed E-state index contributed by atoms with van der Waals surface area (Å²) >= 11 is 0. The molecule has 0 spiro atoms. The molecule has 3 rings (SSSR count). The van der Waals surface area contributed by atoms with Crippen LogP contribution in [-0.4, -0.2) is 60.4 Å². The topological polar surface area (TPSA) is 85.3 Å². The van der Waals surface area contributed by atoms with Crippen LogP contribution in [0.3, 0.4) is 0 Å². The van der Waals surface area contributed by atoms with Gasteiger partial charge in [-0.05, 0) is 18.6 Å². The van der Waals surface area contributed by atoms with Crippen LogP contribution in [0.15, 0.2) is 24.3 Å². The number of carboxylic acid groups (broad SMARTS) is 1. The Hall–Kier alpha value is -2.28. The normalized spacial score (nSPS) is 26.1. The standard InChI is InChI=1S/C16H19NO6/c1-21-11-6-10(7-15(18)19)17(8-11)16(20)14-9-22-12-4-2-3-5-13(12)23-14/h2-5,10-11,14H,6-9H2,1H3,(H,18,19). The largest absolute Gasteiger partial charge is 0.485 e. The number of benzene rings is 1. The number of hydrogen-bond donors (Lipinski definition) is 1. The van der Waals surface area contributed by atoms with Gasteiger partial charge in [0.2, 0.25) is 6.10 Å². The molecule has 1 saturated heterocycles. The molecule has 0 bridgehead atoms. The summed E-state index contributed by atoms with van der Waals surface area (Å²) in [5.74, 6) is -0.0646. The molecule has 2 aliphatic rings. The predicted octanol–water partition coefficient (Wildman–Crippen LogP) is 0.917. The number of methoxy groups -OCH3 is 1. The van der Waals surface area contributed by atoms with Crippen molar-refractivity contribution in [3.8, 4) is 11.5 Å². The molecular weight excluding hydrogens is 302 g/mol. The molecule has 1 fully saturated rings. The monoisotopic (exact) mass is 321 g/mol. The maximum atomic E-state index is 12.7. The maximum absolute atomic E-state index is 12.7. The molecule has 7 nitrogen and oxygen atoms in total. The van der Waals surface area contributed by atoms with E-state index >= 15 is 0 Å². The van der Waals surface area contributed by atoms with Gasteiger partial charge < -0.3 is 24.2 Å². The van der Waals surface area contributed by atoms with Crippen LogP contribution in [0.2, 0.25) is 0 Å². The molecule has 2 heterocycles. The molecule has 0 saturated carbocycles. The van der Waals surface area contributed by atoms with Crippen molar-refractivity contribution >= 4 is 11.9 Å². The van der Waals surface area contributed by atoms with Crippen LogP contribution in [0.1, 0.15) is 12.8 Å². The Bertz CT molecular complexity index is 604. The number of nitrogens with zero attached hydrogens (tertiary/aromatic N) is 1. The first kappa shape index (κ1) is 15.6. The third kappa shape index (κ3) is 3.24. The highest BCUT2D eigenvalue weighted by atomic mass is 16.6. The summed E-state index contributed by atoms with van der Waals surface area (Å²) in [6.45, 7) is 0.485. The van der Waals surface area contributed by atoms with Gasteiger partial charge in [-0.2, -0.15) is 0 Å². The Morgan fingerprint density at radius 1 is 1.35 bits per heavy atom. The summed E-state index contributed by atoms with van der Waals surface area (Å²) in [5.41, 5.74) is 0. The highest BCUT2D eigenvalue weighted by molar-refractivity contribution is 5.83. The third-order valence-electron chi connectivity index (χ3n) is 4.19. The van der Waals surface area contributed by atoms with Crippen LogP contribution in [0, 0.1) is 0 Å². The minimum absolute atomic E-state index is 0.101. The lowest BCUT2D eigenvalue weighted by Crippen LogP contribution is -2.48. The summed E-state index contributed by atoms with van der Waals surface area (Å²) < 4.78 is 16.6. The number of fused-ring (bicyclic) bond motifs is 1. The number of carbonyl (C=O) groups is 2. The molecule has 2 aliphatic heterocycles. The summed E-state index contributed by atoms with van der Waals surface area (Å²) in [5, 5.41) is 9.04. The second kappa shape index (κ2) is 6.45. The van der Waals surface area contributed by atoms with Crippen molar-refractivity contribution in [3.63, 3.8) is 0 Å². The van der Waals surface area contributed by atoms with Gasteiger partial charge in [0, 0.05) is 19.7 Å². The lowest BCUT2D eigenvalue weighted by molar-refractivity contribution is -0.144. The zero-order valence-corrected chi connectivity index (χ0v) is 12.8. The van der Waals surface area contributed by atoms with Gasteiger partial charge in [0.25, 0.3) is 5.91 Å². The third-order valence-corrected chi connectivity index (χ3v) is 4.19. The fourth-order valence-electron chi connectivity index (χ4n) is 3.04. The number of carbonyl (C=O) groups excluding carboxylic acids is 1. The van der Waals surface area contributed by atoms with Gasteiger partial charge in [-0.1, -0.05) is 12.1 Å². The predicted molar refractivity (Wildman–Crippen MR) is 79.5 cm³/mol. The van der Waals surface area contributed by atoms with Crippen molar-refractivity contribution in [2.45, 2.75) is 31.1 Å². The quantitative estimate of drug-likeness (QED) is 0.887. The van der Waals surface area contributed by atoms with E-state index in [2.05, 4.69) is 0 Å². The van der Waals surface area contributed by atoms with Gasteiger partial charge in [-0.15, -0.1) is 0 Å². The average Bonchev–Trinajstić information content (AvgIpc) is 2.96. The van der Waals surface area contributed by atoms with E-state index in [1.807, 2.05) is 6.07 Å². The van der Waals surface area contributed by atoms with Gasteiger partial charge in [0.15, 0.2) is 11.5 Å². The van der Waals surface area contributed by atoms with Gasteiger partial charge in [-0.25, -0.2) is 0 Å². The minimum Gasteiger partial charge on any atom is -0.485 e. The molecular formula is C16H19NO6. The Kier molecular flexibility index (Phi) is 4.38. The van der Waals surface area contributed by atoms with E-state index in [0.29, 0.717) is 24.5 Å². The van der Waals surface area contributed by atoms with Crippen molar-refractivity contribution in [1.29, 1.82) is 0 Å². The maximum Gasteiger partial charge on any atom is 0.305 e. The molecule has 1 aromatic carbocycles. The van der Waals surface area contributed by atoms with Crippen molar-refractivity contribution in [2.24, 2.45) is 0 Å². The van der Waals surface area contributed by atoms with Crippen molar-refractivity contribution in [2.75, 3.05) is 20.3 Å². The molecule has 0 aliphatic carbocycles. The molecule has 1 aromatic rings. The zero-order valence-electron chi connectivity index (χ0n) is 12.8. The fourth-order valence-corrected chi connectivity index (χ4v) is 3.04. The number of likely N-dealkylation sites (tertiary alicyclic amines) is 1. The Morgan fingerprint density at radius 3 is 2.78 bits per heavy atom. The molecule has 0 aromatic heterocycles. The van der Waals surface area contributed by atoms with Gasteiger partial charge >= 0.3 is 5.97 Å². The number of hydrogen-bond acceptors (Lipinski definition) is 5. The number of aliphatic carboxylic acids is 1. The number of carboxylic acids is 1. The number of para-hydroxylation sites is 2. The summed E-state index contributed by atoms with van der Waals surface area (Å²) in [6.07, 6.45) is -0.508. The van der Waals surface area contributed by atoms with Crippen LogP contribution in [0.4, 0.5) is 0 Å². The van der Waals surface area contributed by atoms with Gasteiger partial charge in [-0.3, -0.25) is 9.59 Å². The summed E-state index contributed by atoms with van der Waals surface area (Å²) in [7, 11) is 1.56.